The molecule has 4 nitrogen and oxygen atoms in total. The smallest absolute Gasteiger partial charge is 0.194 e. The van der Waals surface area contributed by atoms with Gasteiger partial charge in [-0.15, -0.1) is 11.3 Å². The Balaban J connectivity index is 1.63. The molecule has 1 saturated carbocycles. The highest BCUT2D eigenvalue weighted by molar-refractivity contribution is 7.09. The van der Waals surface area contributed by atoms with Crippen molar-refractivity contribution in [2.24, 2.45) is 10.4 Å². The third-order valence-corrected chi connectivity index (χ3v) is 5.53. The van der Waals surface area contributed by atoms with E-state index in [2.05, 4.69) is 64.9 Å². The van der Waals surface area contributed by atoms with Gasteiger partial charge in [-0.2, -0.15) is 0 Å². The lowest BCUT2D eigenvalue weighted by Gasteiger charge is -2.22. The topological polar surface area (TPSA) is 40.5 Å². The molecule has 25 heavy (non-hydrogen) atoms. The Kier molecular flexibility index (Phi) is 5.74. The molecule has 0 aliphatic heterocycles. The Morgan fingerprint density at radius 3 is 2.68 bits per heavy atom. The van der Waals surface area contributed by atoms with Gasteiger partial charge >= 0.3 is 0 Å². The summed E-state index contributed by atoms with van der Waals surface area (Å²) in [6.45, 7) is 6.73. The second-order valence-corrected chi connectivity index (χ2v) is 8.11. The minimum absolute atomic E-state index is 0.361. The van der Waals surface area contributed by atoms with Crippen LogP contribution in [0.4, 0.5) is 0 Å². The summed E-state index contributed by atoms with van der Waals surface area (Å²) >= 11 is 1.70. The number of hydrogen-bond acceptors (Lipinski definition) is 3. The number of nitrogens with one attached hydrogen (secondary N) is 1. The summed E-state index contributed by atoms with van der Waals surface area (Å²) in [6, 6.07) is 10.8. The van der Waals surface area contributed by atoms with Gasteiger partial charge in [0.05, 0.1) is 17.2 Å². The largest absolute Gasteiger partial charge is 0.357 e. The molecule has 1 heterocycles. The van der Waals surface area contributed by atoms with Gasteiger partial charge in [-0.3, -0.25) is 4.99 Å². The monoisotopic (exact) mass is 356 g/mol. The molecular formula is C20H28N4S. The molecule has 1 aliphatic carbocycles. The molecule has 1 fully saturated rings. The van der Waals surface area contributed by atoms with E-state index in [-0.39, 0.29) is 0 Å². The van der Waals surface area contributed by atoms with E-state index in [1.54, 1.807) is 11.3 Å². The maximum Gasteiger partial charge on any atom is 0.194 e. The first-order valence-electron chi connectivity index (χ1n) is 9.05. The third-order valence-electron chi connectivity index (χ3n) is 4.71. The van der Waals surface area contributed by atoms with E-state index >= 15 is 0 Å². The Labute approximate surface area is 155 Å². The minimum Gasteiger partial charge on any atom is -0.357 e. The molecule has 0 radical (unpaired) electrons. The van der Waals surface area contributed by atoms with E-state index in [0.717, 1.165) is 42.7 Å². The number of hydrogen-bond donors (Lipinski definition) is 1. The molecule has 0 bridgehead atoms. The zero-order valence-corrected chi connectivity index (χ0v) is 16.3. The third kappa shape index (κ3) is 5.05. The van der Waals surface area contributed by atoms with Gasteiger partial charge in [-0.1, -0.05) is 30.3 Å². The van der Waals surface area contributed by atoms with Crippen molar-refractivity contribution < 1.29 is 0 Å². The maximum absolute atomic E-state index is 4.95. The molecule has 0 saturated heterocycles. The summed E-state index contributed by atoms with van der Waals surface area (Å²) in [6.07, 6.45) is 3.69. The fraction of sp³-hybridized carbons (Fsp3) is 0.500. The molecule has 0 atom stereocenters. The van der Waals surface area contributed by atoms with Gasteiger partial charge in [-0.05, 0) is 44.1 Å². The van der Waals surface area contributed by atoms with E-state index in [0.29, 0.717) is 5.41 Å². The predicted octanol–water partition coefficient (Wildman–Crippen LogP) is 3.87. The summed E-state index contributed by atoms with van der Waals surface area (Å²) in [5, 5.41) is 6.67. The highest BCUT2D eigenvalue weighted by Crippen LogP contribution is 2.48. The van der Waals surface area contributed by atoms with Crippen LogP contribution in [0.3, 0.4) is 0 Å². The Morgan fingerprint density at radius 1 is 1.32 bits per heavy atom. The van der Waals surface area contributed by atoms with Crippen molar-refractivity contribution in [1.29, 1.82) is 0 Å². The SMILES string of the molecule is CCNC(=NCC1(Cc2ccccc2)CC1)N(C)Cc1csc(C)n1. The second-order valence-electron chi connectivity index (χ2n) is 7.05. The summed E-state index contributed by atoms with van der Waals surface area (Å²) < 4.78 is 0. The summed E-state index contributed by atoms with van der Waals surface area (Å²) in [5.41, 5.74) is 2.90. The zero-order valence-electron chi connectivity index (χ0n) is 15.5. The van der Waals surface area contributed by atoms with Gasteiger partial charge in [0.15, 0.2) is 5.96 Å². The molecule has 1 aromatic heterocycles. The summed E-state index contributed by atoms with van der Waals surface area (Å²) in [4.78, 5) is 11.7. The van der Waals surface area contributed by atoms with Crippen LogP contribution in [0.2, 0.25) is 0 Å². The molecule has 1 N–H and O–H groups in total. The molecule has 2 aromatic rings. The molecular weight excluding hydrogens is 328 g/mol. The van der Waals surface area contributed by atoms with Crippen LogP contribution in [0, 0.1) is 12.3 Å². The van der Waals surface area contributed by atoms with Crippen LogP contribution in [0.15, 0.2) is 40.7 Å². The van der Waals surface area contributed by atoms with Crippen LogP contribution >= 0.6 is 11.3 Å². The van der Waals surface area contributed by atoms with E-state index < -0.39 is 0 Å². The molecule has 0 unspecified atom stereocenters. The van der Waals surface area contributed by atoms with Gasteiger partial charge in [0.25, 0.3) is 0 Å². The lowest BCUT2D eigenvalue weighted by molar-refractivity contribution is 0.459. The van der Waals surface area contributed by atoms with Gasteiger partial charge < -0.3 is 10.2 Å². The number of nitrogens with zero attached hydrogens (tertiary/aromatic N) is 3. The van der Waals surface area contributed by atoms with E-state index in [4.69, 9.17) is 4.99 Å². The van der Waals surface area contributed by atoms with Gasteiger partial charge in [0.2, 0.25) is 0 Å². The molecule has 0 amide bonds. The van der Waals surface area contributed by atoms with Gasteiger partial charge in [0.1, 0.15) is 0 Å². The summed E-state index contributed by atoms with van der Waals surface area (Å²) in [5.74, 6) is 0.979. The minimum atomic E-state index is 0.361. The van der Waals surface area contributed by atoms with Crippen molar-refractivity contribution in [3.63, 3.8) is 0 Å². The molecule has 5 heteroatoms. The number of aryl methyl sites for hydroxylation is 1. The highest BCUT2D eigenvalue weighted by atomic mass is 32.1. The Bertz CT molecular complexity index is 703. The van der Waals surface area contributed by atoms with Crippen molar-refractivity contribution in [2.75, 3.05) is 20.1 Å². The van der Waals surface area contributed by atoms with E-state index in [1.165, 1.54) is 18.4 Å². The number of thiazole rings is 1. The van der Waals surface area contributed by atoms with Crippen LogP contribution in [0.1, 0.15) is 36.0 Å². The highest BCUT2D eigenvalue weighted by Gasteiger charge is 2.42. The van der Waals surface area contributed by atoms with Crippen molar-refractivity contribution in [1.82, 2.24) is 15.2 Å². The first-order valence-corrected chi connectivity index (χ1v) is 9.92. The van der Waals surface area contributed by atoms with Gasteiger partial charge in [0, 0.05) is 25.5 Å². The number of guanidine groups is 1. The first-order chi connectivity index (χ1) is 12.1. The first kappa shape index (κ1) is 17.9. The average Bonchev–Trinajstić information content (AvgIpc) is 3.25. The maximum atomic E-state index is 4.95. The molecule has 134 valence electrons. The molecule has 1 aromatic carbocycles. The molecule has 0 spiro atoms. The zero-order chi connectivity index (χ0) is 17.7. The quantitative estimate of drug-likeness (QED) is 0.605. The van der Waals surface area contributed by atoms with Crippen molar-refractivity contribution in [2.45, 2.75) is 39.7 Å². The molecule has 1 aliphatic rings. The fourth-order valence-electron chi connectivity index (χ4n) is 3.11. The Hall–Kier alpha value is -1.88. The molecule has 3 rings (SSSR count). The lowest BCUT2D eigenvalue weighted by atomic mass is 9.97. The van der Waals surface area contributed by atoms with Gasteiger partial charge in [-0.25, -0.2) is 4.98 Å². The van der Waals surface area contributed by atoms with Crippen molar-refractivity contribution >= 4 is 17.3 Å². The summed E-state index contributed by atoms with van der Waals surface area (Å²) in [7, 11) is 2.09. The number of rotatable bonds is 7. The number of aromatic nitrogens is 1. The van der Waals surface area contributed by atoms with Crippen LogP contribution in [0.5, 0.6) is 0 Å². The van der Waals surface area contributed by atoms with Crippen LogP contribution in [0.25, 0.3) is 0 Å². The normalized spacial score (nSPS) is 15.9. The average molecular weight is 357 g/mol. The van der Waals surface area contributed by atoms with E-state index in [9.17, 15) is 0 Å². The van der Waals surface area contributed by atoms with Crippen LogP contribution in [-0.4, -0.2) is 36.0 Å². The fourth-order valence-corrected chi connectivity index (χ4v) is 3.71. The van der Waals surface area contributed by atoms with Crippen molar-refractivity contribution in [3.05, 3.63) is 52.0 Å². The lowest BCUT2D eigenvalue weighted by Crippen LogP contribution is -2.39. The van der Waals surface area contributed by atoms with Crippen LogP contribution < -0.4 is 5.32 Å². The standard InChI is InChI=1S/C20H28N4S/c1-4-21-19(24(3)13-18-14-25-16(2)23-18)22-15-20(10-11-20)12-17-8-6-5-7-9-17/h5-9,14H,4,10-13,15H2,1-3H3,(H,21,22). The predicted molar refractivity (Wildman–Crippen MR) is 106 cm³/mol. The Morgan fingerprint density at radius 2 is 2.08 bits per heavy atom. The second kappa shape index (κ2) is 8.00. The number of aliphatic imine (C=N–C) groups is 1. The van der Waals surface area contributed by atoms with Crippen molar-refractivity contribution in [3.8, 4) is 0 Å². The van der Waals surface area contributed by atoms with Crippen LogP contribution in [-0.2, 0) is 13.0 Å². The number of benzene rings is 1. The van der Waals surface area contributed by atoms with E-state index in [1.807, 2.05) is 6.92 Å².